The number of nitrogens with two attached hydrogens (primary N) is 2. The molecule has 2 amide bonds. The molecular formula is C15H25N9O4. The number of hydrogen-bond acceptors (Lipinski definition) is 10. The number of imidazole rings is 1. The summed E-state index contributed by atoms with van der Waals surface area (Å²) < 4.78 is 7.43. The van der Waals surface area contributed by atoms with Crippen LogP contribution in [0.4, 0.5) is 10.6 Å². The number of likely N-dealkylation sites (N-methyl/N-ethyl adjacent to an activating group) is 1. The smallest absolute Gasteiger partial charge is 0.328 e. The maximum absolute atomic E-state index is 11.0. The van der Waals surface area contributed by atoms with Crippen LogP contribution in [0.1, 0.15) is 12.6 Å². The van der Waals surface area contributed by atoms with E-state index in [1.54, 1.807) is 0 Å². The molecule has 2 aromatic heterocycles. The Morgan fingerprint density at radius 3 is 2.89 bits per heavy atom. The van der Waals surface area contributed by atoms with Crippen LogP contribution in [0.2, 0.25) is 0 Å². The zero-order chi connectivity index (χ0) is 20.3. The van der Waals surface area contributed by atoms with Gasteiger partial charge in [-0.25, -0.2) is 25.6 Å². The normalized spacial score (nSPS) is 24.8. The molecular weight excluding hydrogens is 370 g/mol. The van der Waals surface area contributed by atoms with Gasteiger partial charge in [0.05, 0.1) is 6.33 Å². The predicted octanol–water partition coefficient (Wildman–Crippen LogP) is -2.48. The van der Waals surface area contributed by atoms with Gasteiger partial charge in [0.25, 0.3) is 0 Å². The highest BCUT2D eigenvalue weighted by Crippen LogP contribution is 2.32. The highest BCUT2D eigenvalue weighted by Gasteiger charge is 2.44. The summed E-state index contributed by atoms with van der Waals surface area (Å²) in [6.07, 6.45) is -0.244. The molecule has 0 saturated carbocycles. The molecule has 1 saturated heterocycles. The summed E-state index contributed by atoms with van der Waals surface area (Å²) in [5.74, 6) is 5.21. The van der Waals surface area contributed by atoms with E-state index in [0.717, 1.165) is 0 Å². The number of nitrogen functional groups attached to an aromatic ring is 1. The first-order valence-electron chi connectivity index (χ1n) is 8.80. The summed E-state index contributed by atoms with van der Waals surface area (Å²) in [5.41, 5.74) is 8.60. The molecule has 4 atom stereocenters. The van der Waals surface area contributed by atoms with E-state index >= 15 is 0 Å². The Morgan fingerprint density at radius 2 is 2.14 bits per heavy atom. The zero-order valence-electron chi connectivity index (χ0n) is 15.4. The Kier molecular flexibility index (Phi) is 6.21. The van der Waals surface area contributed by atoms with Crippen molar-refractivity contribution in [3.8, 4) is 0 Å². The van der Waals surface area contributed by atoms with E-state index in [1.165, 1.54) is 17.2 Å². The summed E-state index contributed by atoms with van der Waals surface area (Å²) in [5, 5.41) is 23.5. The van der Waals surface area contributed by atoms with Gasteiger partial charge in [-0.1, -0.05) is 0 Å². The molecule has 3 heterocycles. The van der Waals surface area contributed by atoms with Crippen molar-refractivity contribution in [2.24, 2.45) is 5.84 Å². The molecule has 13 nitrogen and oxygen atoms in total. The van der Waals surface area contributed by atoms with Gasteiger partial charge in [0.2, 0.25) is 0 Å². The number of nitrogens with one attached hydrogen (secondary N) is 2. The SMILES string of the molecule is CN(CCCNC(=O)NN)C[C@H]1O[C@@H](n2cnc3c(N)ncnc32)[C@H](O)[C@@H]1O. The Balaban J connectivity index is 1.59. The largest absolute Gasteiger partial charge is 0.387 e. The van der Waals surface area contributed by atoms with Crippen LogP contribution in [-0.4, -0.2) is 85.7 Å². The highest BCUT2D eigenvalue weighted by atomic mass is 16.6. The van der Waals surface area contributed by atoms with Crippen molar-refractivity contribution in [3.63, 3.8) is 0 Å². The fourth-order valence-electron chi connectivity index (χ4n) is 3.17. The highest BCUT2D eigenvalue weighted by molar-refractivity contribution is 5.81. The number of carbonyl (C=O) groups is 1. The molecule has 0 bridgehead atoms. The quantitative estimate of drug-likeness (QED) is 0.127. The lowest BCUT2D eigenvalue weighted by molar-refractivity contribution is -0.0421. The number of hydrazine groups is 1. The van der Waals surface area contributed by atoms with Crippen LogP contribution in [0, 0.1) is 0 Å². The first-order valence-corrected chi connectivity index (χ1v) is 8.80. The van der Waals surface area contributed by atoms with Crippen LogP contribution in [0.15, 0.2) is 12.7 Å². The number of fused-ring (bicyclic) bond motifs is 1. The molecule has 0 aliphatic carbocycles. The molecule has 0 unspecified atom stereocenters. The molecule has 28 heavy (non-hydrogen) atoms. The number of aromatic nitrogens is 4. The molecule has 1 aliphatic rings. The van der Waals surface area contributed by atoms with Crippen LogP contribution in [0.3, 0.4) is 0 Å². The van der Waals surface area contributed by atoms with E-state index in [2.05, 4.69) is 20.3 Å². The third-order valence-corrected chi connectivity index (χ3v) is 4.62. The second-order valence-corrected chi connectivity index (χ2v) is 6.65. The minimum Gasteiger partial charge on any atom is -0.387 e. The van der Waals surface area contributed by atoms with E-state index in [-0.39, 0.29) is 5.82 Å². The summed E-state index contributed by atoms with van der Waals surface area (Å²) in [6.45, 7) is 1.49. The minimum absolute atomic E-state index is 0.227. The van der Waals surface area contributed by atoms with Crippen molar-refractivity contribution in [3.05, 3.63) is 12.7 Å². The van der Waals surface area contributed by atoms with Gasteiger partial charge in [0.15, 0.2) is 17.7 Å². The molecule has 1 fully saturated rings. The van der Waals surface area contributed by atoms with Crippen LogP contribution in [0.25, 0.3) is 11.2 Å². The molecule has 154 valence electrons. The zero-order valence-corrected chi connectivity index (χ0v) is 15.4. The Bertz CT molecular complexity index is 816. The fourth-order valence-corrected chi connectivity index (χ4v) is 3.17. The molecule has 1 aliphatic heterocycles. The van der Waals surface area contributed by atoms with Crippen molar-refractivity contribution < 1.29 is 19.7 Å². The minimum atomic E-state index is -1.15. The number of amides is 2. The van der Waals surface area contributed by atoms with Crippen molar-refractivity contribution in [1.82, 2.24) is 35.2 Å². The van der Waals surface area contributed by atoms with E-state index < -0.39 is 30.6 Å². The summed E-state index contributed by atoms with van der Waals surface area (Å²) in [7, 11) is 1.86. The van der Waals surface area contributed by atoms with E-state index in [4.69, 9.17) is 16.3 Å². The number of anilines is 1. The molecule has 8 N–H and O–H groups in total. The third-order valence-electron chi connectivity index (χ3n) is 4.62. The van der Waals surface area contributed by atoms with E-state index in [0.29, 0.717) is 37.2 Å². The number of urea groups is 1. The number of nitrogens with zero attached hydrogens (tertiary/aromatic N) is 5. The molecule has 2 aromatic rings. The van der Waals surface area contributed by atoms with Gasteiger partial charge < -0.3 is 30.9 Å². The van der Waals surface area contributed by atoms with Gasteiger partial charge in [-0.05, 0) is 20.0 Å². The van der Waals surface area contributed by atoms with Crippen LogP contribution < -0.4 is 22.3 Å². The number of carbonyl (C=O) groups excluding carboxylic acids is 1. The van der Waals surface area contributed by atoms with Crippen LogP contribution >= 0.6 is 0 Å². The Hall–Kier alpha value is -2.58. The van der Waals surface area contributed by atoms with Gasteiger partial charge in [0, 0.05) is 13.1 Å². The van der Waals surface area contributed by atoms with Gasteiger partial charge in [0.1, 0.15) is 30.2 Å². The summed E-state index contributed by atoms with van der Waals surface area (Å²) in [6, 6.07) is -0.444. The molecule has 0 radical (unpaired) electrons. The van der Waals surface area contributed by atoms with Gasteiger partial charge in [-0.15, -0.1) is 0 Å². The monoisotopic (exact) mass is 395 g/mol. The molecule has 3 rings (SSSR count). The van der Waals surface area contributed by atoms with Gasteiger partial charge >= 0.3 is 6.03 Å². The van der Waals surface area contributed by atoms with Crippen molar-refractivity contribution >= 4 is 23.0 Å². The number of hydrogen-bond donors (Lipinski definition) is 6. The first kappa shape index (κ1) is 20.2. The predicted molar refractivity (Wildman–Crippen MR) is 98.5 cm³/mol. The maximum Gasteiger partial charge on any atom is 0.328 e. The average molecular weight is 395 g/mol. The molecule has 0 aromatic carbocycles. The molecule has 0 spiro atoms. The average Bonchev–Trinajstić information content (AvgIpc) is 3.22. The number of rotatable bonds is 7. The van der Waals surface area contributed by atoms with Gasteiger partial charge in [-0.3, -0.25) is 9.99 Å². The van der Waals surface area contributed by atoms with Crippen molar-refractivity contribution in [2.45, 2.75) is 31.0 Å². The van der Waals surface area contributed by atoms with Crippen LogP contribution in [-0.2, 0) is 4.74 Å². The van der Waals surface area contributed by atoms with Crippen LogP contribution in [0.5, 0.6) is 0 Å². The van der Waals surface area contributed by atoms with E-state index in [1.807, 2.05) is 17.4 Å². The van der Waals surface area contributed by atoms with E-state index in [9.17, 15) is 15.0 Å². The third kappa shape index (κ3) is 4.13. The van der Waals surface area contributed by atoms with Crippen molar-refractivity contribution in [2.75, 3.05) is 32.4 Å². The Morgan fingerprint density at radius 1 is 1.36 bits per heavy atom. The number of aliphatic hydroxyl groups excluding tert-OH is 2. The second kappa shape index (κ2) is 8.62. The number of ether oxygens (including phenoxy) is 1. The lowest BCUT2D eigenvalue weighted by Crippen LogP contribution is -2.41. The van der Waals surface area contributed by atoms with Gasteiger partial charge in [-0.2, -0.15) is 0 Å². The lowest BCUT2D eigenvalue weighted by atomic mass is 10.1. The summed E-state index contributed by atoms with van der Waals surface area (Å²) >= 11 is 0. The fraction of sp³-hybridized carbons (Fsp3) is 0.600. The molecule has 13 heteroatoms. The van der Waals surface area contributed by atoms with Crippen molar-refractivity contribution in [1.29, 1.82) is 0 Å². The number of aliphatic hydroxyl groups is 2. The topological polar surface area (TPSA) is 190 Å². The Labute approximate surface area is 160 Å². The standard InChI is InChI=1S/C15H25N9O4/c1-23(4-2-3-18-15(27)22-17)5-8-10(25)11(26)14(28-8)24-7-21-9-12(16)19-6-20-13(9)24/h6-8,10-11,14,25-26H,2-5,17H2,1H3,(H2,16,19,20)(H2,18,22,27)/t8-,10-,11-,14-/m1/s1. The lowest BCUT2D eigenvalue weighted by Gasteiger charge is -2.22. The second-order valence-electron chi connectivity index (χ2n) is 6.65. The summed E-state index contributed by atoms with van der Waals surface area (Å²) in [4.78, 5) is 25.1. The maximum atomic E-state index is 11.0. The first-order chi connectivity index (χ1) is 13.4.